The summed E-state index contributed by atoms with van der Waals surface area (Å²) in [6.45, 7) is 1.82. The predicted octanol–water partition coefficient (Wildman–Crippen LogP) is 3.82. The Labute approximate surface area is 265 Å². The molecule has 2 fully saturated rings. The molecule has 2 atom stereocenters. The lowest BCUT2D eigenvalue weighted by molar-refractivity contribution is -0.142. The first kappa shape index (κ1) is 30.4. The molecule has 3 aromatic heterocycles. The number of fused-ring (bicyclic) bond motifs is 1. The number of hydrogen-bond donors (Lipinski definition) is 1. The van der Waals surface area contributed by atoms with Crippen LogP contribution in [0.5, 0.6) is 0 Å². The fourth-order valence-electron chi connectivity index (χ4n) is 6.54. The second-order valence-electron chi connectivity index (χ2n) is 12.2. The molecule has 2 aliphatic heterocycles. The molecule has 6 rings (SSSR count). The Bertz CT molecular complexity index is 1740. The zero-order chi connectivity index (χ0) is 31.2. The van der Waals surface area contributed by atoms with E-state index in [0.717, 1.165) is 11.3 Å². The van der Waals surface area contributed by atoms with Crippen molar-refractivity contribution < 1.29 is 14.7 Å². The van der Waals surface area contributed by atoms with Crippen molar-refractivity contribution in [3.63, 3.8) is 0 Å². The Morgan fingerprint density at radius 2 is 1.84 bits per heavy atom. The van der Waals surface area contributed by atoms with Gasteiger partial charge in [0.05, 0.1) is 28.1 Å². The Hall–Kier alpha value is -3.67. The highest BCUT2D eigenvalue weighted by Gasteiger charge is 2.42. The molecule has 10 nitrogen and oxygen atoms in total. The topological polar surface area (TPSA) is 104 Å². The number of carbonyl (C=O) groups is 2. The maximum absolute atomic E-state index is 14.0. The van der Waals surface area contributed by atoms with Crippen molar-refractivity contribution in [1.82, 2.24) is 23.9 Å². The van der Waals surface area contributed by atoms with Gasteiger partial charge in [0.25, 0.3) is 11.5 Å². The Balaban J connectivity index is 1.15. The standard InChI is InChI=1S/C32H37ClN6O4S/c1-35(2)25-17-26(44-27(25)33)31(42)38-14-10-22(24(18-38)21-7-5-4-6-8-21)29(40)37-15-11-32(43,12-16-37)19-39-20-34-28-23(30(39)41)9-13-36(28)3/h4-9,13,17,20,22,24,43H,10-12,14-16,18-19H2,1-3H3/t22-,24+/m1/s1. The van der Waals surface area contributed by atoms with Crippen LogP contribution in [0.3, 0.4) is 0 Å². The number of thiophene rings is 1. The smallest absolute Gasteiger partial charge is 0.264 e. The fourth-order valence-corrected chi connectivity index (χ4v) is 7.94. The first-order valence-corrected chi connectivity index (χ1v) is 16.1. The average molecular weight is 637 g/mol. The largest absolute Gasteiger partial charge is 0.388 e. The van der Waals surface area contributed by atoms with Gasteiger partial charge in [-0.15, -0.1) is 11.3 Å². The minimum Gasteiger partial charge on any atom is -0.388 e. The molecule has 2 saturated heterocycles. The number of anilines is 1. The number of aryl methyl sites for hydroxylation is 1. The van der Waals surface area contributed by atoms with Gasteiger partial charge >= 0.3 is 0 Å². The Morgan fingerprint density at radius 3 is 2.52 bits per heavy atom. The van der Waals surface area contributed by atoms with E-state index >= 15 is 0 Å². The van der Waals surface area contributed by atoms with E-state index in [1.54, 1.807) is 16.8 Å². The summed E-state index contributed by atoms with van der Waals surface area (Å²) in [7, 11) is 5.63. The Morgan fingerprint density at radius 1 is 1.11 bits per heavy atom. The van der Waals surface area contributed by atoms with Crippen molar-refractivity contribution in [3.05, 3.63) is 80.1 Å². The molecule has 2 amide bonds. The van der Waals surface area contributed by atoms with E-state index in [1.165, 1.54) is 22.2 Å². The summed E-state index contributed by atoms with van der Waals surface area (Å²) < 4.78 is 3.84. The summed E-state index contributed by atoms with van der Waals surface area (Å²) in [5.41, 5.74) is 1.15. The third-order valence-electron chi connectivity index (χ3n) is 9.13. The molecule has 0 saturated carbocycles. The first-order valence-electron chi connectivity index (χ1n) is 14.9. The van der Waals surface area contributed by atoms with Gasteiger partial charge in [-0.1, -0.05) is 41.9 Å². The van der Waals surface area contributed by atoms with Gasteiger partial charge in [0, 0.05) is 65.4 Å². The zero-order valence-corrected chi connectivity index (χ0v) is 26.7. The monoisotopic (exact) mass is 636 g/mol. The number of rotatable bonds is 6. The molecule has 0 radical (unpaired) electrons. The van der Waals surface area contributed by atoms with Gasteiger partial charge < -0.3 is 24.4 Å². The highest BCUT2D eigenvalue weighted by Crippen LogP contribution is 2.38. The van der Waals surface area contributed by atoms with Crippen LogP contribution in [-0.2, 0) is 18.4 Å². The summed E-state index contributed by atoms with van der Waals surface area (Å²) in [4.78, 5) is 51.2. The molecule has 1 aromatic carbocycles. The number of likely N-dealkylation sites (tertiary alicyclic amines) is 2. The van der Waals surface area contributed by atoms with Gasteiger partial charge in [0.15, 0.2) is 0 Å². The highest BCUT2D eigenvalue weighted by atomic mass is 35.5. The van der Waals surface area contributed by atoms with Crippen molar-refractivity contribution in [2.45, 2.75) is 37.3 Å². The number of carbonyl (C=O) groups excluding carboxylic acids is 2. The molecular formula is C32H37ClN6O4S. The van der Waals surface area contributed by atoms with Crippen molar-refractivity contribution >= 4 is 51.5 Å². The fraction of sp³-hybridized carbons (Fsp3) is 0.438. The van der Waals surface area contributed by atoms with Crippen LogP contribution in [0.15, 0.2) is 59.8 Å². The number of nitrogens with zero attached hydrogens (tertiary/aromatic N) is 6. The molecule has 44 heavy (non-hydrogen) atoms. The minimum atomic E-state index is -1.12. The number of amides is 2. The van der Waals surface area contributed by atoms with Gasteiger partial charge in [-0.3, -0.25) is 19.0 Å². The maximum Gasteiger partial charge on any atom is 0.264 e. The number of hydrogen-bond acceptors (Lipinski definition) is 7. The molecule has 2 aliphatic rings. The van der Waals surface area contributed by atoms with Crippen LogP contribution in [0.4, 0.5) is 5.69 Å². The van der Waals surface area contributed by atoms with Crippen molar-refractivity contribution in [2.75, 3.05) is 45.2 Å². The SMILES string of the molecule is CN(C)c1cc(C(=O)N2CC[C@@H](C(=O)N3CCC(O)(Cn4cnc5c(ccn5C)c4=O)CC3)[C@H](c3ccccc3)C2)sc1Cl. The van der Waals surface area contributed by atoms with E-state index in [9.17, 15) is 19.5 Å². The third-order valence-corrected chi connectivity index (χ3v) is 10.5. The minimum absolute atomic E-state index is 0.0478. The van der Waals surface area contributed by atoms with Gasteiger partial charge in [-0.2, -0.15) is 0 Å². The second kappa shape index (κ2) is 12.0. The number of aromatic nitrogens is 3. The van der Waals surface area contributed by atoms with Crippen molar-refractivity contribution in [3.8, 4) is 0 Å². The lowest BCUT2D eigenvalue weighted by Gasteiger charge is -2.43. The van der Waals surface area contributed by atoms with Gasteiger partial charge in [0.1, 0.15) is 16.3 Å². The van der Waals surface area contributed by atoms with Crippen LogP contribution in [0, 0.1) is 5.92 Å². The maximum atomic E-state index is 14.0. The van der Waals surface area contributed by atoms with Crippen molar-refractivity contribution in [1.29, 1.82) is 0 Å². The number of piperidine rings is 2. The summed E-state index contributed by atoms with van der Waals surface area (Å²) in [6, 6.07) is 13.5. The van der Waals surface area contributed by atoms with Crippen LogP contribution in [0.25, 0.3) is 11.0 Å². The molecule has 0 spiro atoms. The molecule has 1 N–H and O–H groups in total. The molecule has 0 bridgehead atoms. The molecule has 12 heteroatoms. The zero-order valence-electron chi connectivity index (χ0n) is 25.1. The summed E-state index contributed by atoms with van der Waals surface area (Å²) in [5, 5.41) is 12.0. The van der Waals surface area contributed by atoms with Gasteiger partial charge in [-0.25, -0.2) is 4.98 Å². The van der Waals surface area contributed by atoms with E-state index < -0.39 is 5.60 Å². The summed E-state index contributed by atoms with van der Waals surface area (Å²) in [5.74, 6) is -0.470. The lowest BCUT2D eigenvalue weighted by Crippen LogP contribution is -2.53. The van der Waals surface area contributed by atoms with E-state index in [-0.39, 0.29) is 35.8 Å². The van der Waals surface area contributed by atoms with Crippen LogP contribution < -0.4 is 10.5 Å². The highest BCUT2D eigenvalue weighted by molar-refractivity contribution is 7.18. The molecule has 0 aliphatic carbocycles. The number of benzene rings is 1. The van der Waals surface area contributed by atoms with Crippen LogP contribution >= 0.6 is 22.9 Å². The number of halogens is 1. The molecular weight excluding hydrogens is 600 g/mol. The predicted molar refractivity (Wildman–Crippen MR) is 173 cm³/mol. The quantitative estimate of drug-likeness (QED) is 0.345. The number of aliphatic hydroxyl groups is 1. The van der Waals surface area contributed by atoms with Crippen LogP contribution in [0.1, 0.15) is 40.4 Å². The van der Waals surface area contributed by atoms with E-state index in [4.69, 9.17) is 11.6 Å². The van der Waals surface area contributed by atoms with E-state index in [1.807, 2.05) is 72.2 Å². The molecule has 5 heterocycles. The Kier molecular flexibility index (Phi) is 8.29. The average Bonchev–Trinajstić information content (AvgIpc) is 3.61. The normalized spacial score (nSPS) is 20.2. The van der Waals surface area contributed by atoms with Gasteiger partial charge in [0.2, 0.25) is 5.91 Å². The summed E-state index contributed by atoms with van der Waals surface area (Å²) in [6.07, 6.45) is 4.55. The van der Waals surface area contributed by atoms with Crippen LogP contribution in [0.2, 0.25) is 4.34 Å². The third kappa shape index (κ3) is 5.76. The lowest BCUT2D eigenvalue weighted by atomic mass is 9.79. The van der Waals surface area contributed by atoms with Gasteiger partial charge in [-0.05, 0) is 37.0 Å². The first-order chi connectivity index (χ1) is 21.0. The molecule has 0 unspecified atom stereocenters. The second-order valence-corrected chi connectivity index (χ2v) is 13.9. The van der Waals surface area contributed by atoms with Crippen molar-refractivity contribution in [2.24, 2.45) is 13.0 Å². The molecule has 232 valence electrons. The van der Waals surface area contributed by atoms with E-state index in [0.29, 0.717) is 65.7 Å². The van der Waals surface area contributed by atoms with E-state index in [2.05, 4.69) is 4.98 Å². The summed E-state index contributed by atoms with van der Waals surface area (Å²) >= 11 is 7.69. The molecule has 4 aromatic rings. The van der Waals surface area contributed by atoms with Crippen LogP contribution in [-0.4, -0.2) is 86.7 Å².